The Hall–Kier alpha value is -2.62. The van der Waals surface area contributed by atoms with Crippen molar-refractivity contribution in [1.29, 1.82) is 0 Å². The molecule has 2 heterocycles. The van der Waals surface area contributed by atoms with Crippen LogP contribution in [-0.4, -0.2) is 16.2 Å². The zero-order chi connectivity index (χ0) is 13.2. The number of aromatic amines is 1. The third kappa shape index (κ3) is 2.08. The summed E-state index contributed by atoms with van der Waals surface area (Å²) in [6, 6.07) is 10.1. The fourth-order valence-electron chi connectivity index (χ4n) is 2.03. The van der Waals surface area contributed by atoms with E-state index in [9.17, 15) is 0 Å². The Morgan fingerprint density at radius 3 is 2.74 bits per heavy atom. The van der Waals surface area contributed by atoms with E-state index in [1.807, 2.05) is 54.4 Å². The maximum Gasteiger partial charge on any atom is 0.213 e. The summed E-state index contributed by atoms with van der Waals surface area (Å²) in [5, 5.41) is 0. The molecule has 4 heteroatoms. The van der Waals surface area contributed by atoms with E-state index in [-0.39, 0.29) is 0 Å². The first-order valence-corrected chi connectivity index (χ1v) is 6.07. The molecule has 94 valence electrons. The van der Waals surface area contributed by atoms with Crippen molar-refractivity contribution in [2.75, 3.05) is 4.90 Å². The third-order valence-electron chi connectivity index (χ3n) is 2.97. The van der Waals surface area contributed by atoms with Gasteiger partial charge in [0, 0.05) is 23.7 Å². The second kappa shape index (κ2) is 4.57. The molecule has 0 saturated heterocycles. The highest BCUT2D eigenvalue weighted by Gasteiger charge is 2.15. The number of imidazole rings is 1. The van der Waals surface area contributed by atoms with Crippen LogP contribution in [0.1, 0.15) is 5.69 Å². The first-order valence-electron chi connectivity index (χ1n) is 6.07. The molecule has 0 fully saturated rings. The monoisotopic (exact) mass is 250 g/mol. The Kier molecular flexibility index (Phi) is 2.76. The van der Waals surface area contributed by atoms with E-state index in [1.54, 1.807) is 6.21 Å². The van der Waals surface area contributed by atoms with E-state index >= 15 is 0 Å². The molecule has 1 aliphatic rings. The molecule has 0 radical (unpaired) electrons. The summed E-state index contributed by atoms with van der Waals surface area (Å²) in [7, 11) is 0. The van der Waals surface area contributed by atoms with Gasteiger partial charge in [0.2, 0.25) is 5.95 Å². The molecule has 4 nitrogen and oxygen atoms in total. The molecule has 1 aliphatic heterocycles. The molecule has 19 heavy (non-hydrogen) atoms. The standard InChI is InChI=1S/C15H14N4/c1-11-14(13-7-4-3-5-8-13)18-15(17-11)19-10-6-9-16-12(19)2/h3-10H,2H2,1H3,(H,17,18). The number of hydrogen-bond donors (Lipinski definition) is 1. The SMILES string of the molecule is C=C1N=CC=CN1c1nc(-c2ccccc2)c(C)[nH]1. The summed E-state index contributed by atoms with van der Waals surface area (Å²) < 4.78 is 0. The molecule has 0 unspecified atom stereocenters. The molecule has 3 rings (SSSR count). The van der Waals surface area contributed by atoms with Gasteiger partial charge in [0.1, 0.15) is 5.82 Å². The lowest BCUT2D eigenvalue weighted by Crippen LogP contribution is -2.16. The van der Waals surface area contributed by atoms with E-state index < -0.39 is 0 Å². The highest BCUT2D eigenvalue weighted by atomic mass is 15.3. The minimum Gasteiger partial charge on any atom is -0.327 e. The Labute approximate surface area is 111 Å². The van der Waals surface area contributed by atoms with E-state index in [2.05, 4.69) is 21.5 Å². The van der Waals surface area contributed by atoms with Gasteiger partial charge in [-0.2, -0.15) is 0 Å². The maximum atomic E-state index is 4.64. The Morgan fingerprint density at radius 2 is 2.00 bits per heavy atom. The van der Waals surface area contributed by atoms with Gasteiger partial charge in [0.05, 0.1) is 5.69 Å². The van der Waals surface area contributed by atoms with Gasteiger partial charge in [-0.15, -0.1) is 0 Å². The largest absolute Gasteiger partial charge is 0.327 e. The second-order valence-electron chi connectivity index (χ2n) is 4.31. The van der Waals surface area contributed by atoms with Crippen molar-refractivity contribution in [3.63, 3.8) is 0 Å². The number of H-pyrrole nitrogens is 1. The van der Waals surface area contributed by atoms with Gasteiger partial charge in [-0.25, -0.2) is 9.98 Å². The topological polar surface area (TPSA) is 44.3 Å². The van der Waals surface area contributed by atoms with Crippen LogP contribution < -0.4 is 4.90 Å². The number of benzene rings is 1. The van der Waals surface area contributed by atoms with E-state index in [4.69, 9.17) is 0 Å². The van der Waals surface area contributed by atoms with Crippen LogP contribution in [0.2, 0.25) is 0 Å². The predicted octanol–water partition coefficient (Wildman–Crippen LogP) is 3.26. The molecule has 0 atom stereocenters. The van der Waals surface area contributed by atoms with Crippen molar-refractivity contribution in [1.82, 2.24) is 9.97 Å². The normalized spacial score (nSPS) is 14.2. The van der Waals surface area contributed by atoms with Crippen LogP contribution in [0, 0.1) is 6.92 Å². The molecule has 1 aromatic carbocycles. The summed E-state index contributed by atoms with van der Waals surface area (Å²) in [4.78, 5) is 13.9. The van der Waals surface area contributed by atoms with Crippen molar-refractivity contribution in [3.05, 3.63) is 60.7 Å². The Balaban J connectivity index is 2.00. The minimum atomic E-state index is 0.649. The van der Waals surface area contributed by atoms with Gasteiger partial charge < -0.3 is 4.98 Å². The van der Waals surface area contributed by atoms with Crippen molar-refractivity contribution >= 4 is 12.2 Å². The van der Waals surface area contributed by atoms with Crippen LogP contribution in [0.5, 0.6) is 0 Å². The average molecular weight is 250 g/mol. The Bertz CT molecular complexity index is 665. The first kappa shape index (κ1) is 11.5. The molecular formula is C15H14N4. The molecule has 1 N–H and O–H groups in total. The number of aryl methyl sites for hydroxylation is 1. The number of allylic oxidation sites excluding steroid dienone is 1. The van der Waals surface area contributed by atoms with Crippen molar-refractivity contribution in [2.45, 2.75) is 6.92 Å². The number of nitrogens with one attached hydrogen (secondary N) is 1. The fraction of sp³-hybridized carbons (Fsp3) is 0.0667. The summed E-state index contributed by atoms with van der Waals surface area (Å²) in [6.45, 7) is 5.91. The van der Waals surface area contributed by atoms with E-state index in [0.29, 0.717) is 5.82 Å². The Morgan fingerprint density at radius 1 is 1.21 bits per heavy atom. The lowest BCUT2D eigenvalue weighted by Gasteiger charge is -2.18. The second-order valence-corrected chi connectivity index (χ2v) is 4.31. The van der Waals surface area contributed by atoms with Crippen LogP contribution in [-0.2, 0) is 0 Å². The smallest absolute Gasteiger partial charge is 0.213 e. The minimum absolute atomic E-state index is 0.649. The molecule has 0 aliphatic carbocycles. The highest BCUT2D eigenvalue weighted by molar-refractivity contribution is 5.76. The maximum absolute atomic E-state index is 4.64. The average Bonchev–Trinajstić information content (AvgIpc) is 2.82. The summed E-state index contributed by atoms with van der Waals surface area (Å²) in [5.41, 5.74) is 3.07. The number of aromatic nitrogens is 2. The molecule has 0 spiro atoms. The lowest BCUT2D eigenvalue weighted by atomic mass is 10.1. The first-order chi connectivity index (χ1) is 9.25. The van der Waals surface area contributed by atoms with E-state index in [0.717, 1.165) is 22.9 Å². The predicted molar refractivity (Wildman–Crippen MR) is 78.0 cm³/mol. The number of rotatable bonds is 2. The van der Waals surface area contributed by atoms with Gasteiger partial charge in [0.25, 0.3) is 0 Å². The molecule has 2 aromatic rings. The van der Waals surface area contributed by atoms with Gasteiger partial charge in [-0.1, -0.05) is 36.9 Å². The van der Waals surface area contributed by atoms with Crippen molar-refractivity contribution in [3.8, 4) is 11.3 Å². The number of nitrogens with zero attached hydrogens (tertiary/aromatic N) is 3. The zero-order valence-electron chi connectivity index (χ0n) is 10.7. The van der Waals surface area contributed by atoms with Crippen LogP contribution >= 0.6 is 0 Å². The van der Waals surface area contributed by atoms with Gasteiger partial charge in [-0.3, -0.25) is 4.90 Å². The number of aliphatic imine (C=N–C) groups is 1. The lowest BCUT2D eigenvalue weighted by molar-refractivity contribution is 1.04. The van der Waals surface area contributed by atoms with Crippen LogP contribution in [0.25, 0.3) is 11.3 Å². The zero-order valence-corrected chi connectivity index (χ0v) is 10.7. The fourth-order valence-corrected chi connectivity index (χ4v) is 2.03. The van der Waals surface area contributed by atoms with Crippen LogP contribution in [0.3, 0.4) is 0 Å². The van der Waals surface area contributed by atoms with Gasteiger partial charge >= 0.3 is 0 Å². The van der Waals surface area contributed by atoms with Crippen LogP contribution in [0.15, 0.2) is 60.0 Å². The van der Waals surface area contributed by atoms with Gasteiger partial charge in [0.15, 0.2) is 0 Å². The molecule has 0 saturated carbocycles. The summed E-state index contributed by atoms with van der Waals surface area (Å²) in [6.07, 6.45) is 5.46. The van der Waals surface area contributed by atoms with Crippen LogP contribution in [0.4, 0.5) is 5.95 Å². The van der Waals surface area contributed by atoms with Crippen molar-refractivity contribution < 1.29 is 0 Å². The highest BCUT2D eigenvalue weighted by Crippen LogP contribution is 2.26. The third-order valence-corrected chi connectivity index (χ3v) is 2.97. The molecule has 0 amide bonds. The van der Waals surface area contributed by atoms with Crippen molar-refractivity contribution in [2.24, 2.45) is 4.99 Å². The van der Waals surface area contributed by atoms with Gasteiger partial charge in [-0.05, 0) is 13.0 Å². The number of hydrogen-bond acceptors (Lipinski definition) is 3. The molecular weight excluding hydrogens is 236 g/mol. The number of anilines is 1. The quantitative estimate of drug-likeness (QED) is 0.889. The van der Waals surface area contributed by atoms with E-state index in [1.165, 1.54) is 0 Å². The molecule has 1 aromatic heterocycles. The molecule has 0 bridgehead atoms. The summed E-state index contributed by atoms with van der Waals surface area (Å²) >= 11 is 0. The summed E-state index contributed by atoms with van der Waals surface area (Å²) in [5.74, 6) is 1.38.